The van der Waals surface area contributed by atoms with E-state index in [-0.39, 0.29) is 29.3 Å². The van der Waals surface area contributed by atoms with Crippen molar-refractivity contribution in [1.82, 2.24) is 14.7 Å². The Bertz CT molecular complexity index is 676. The summed E-state index contributed by atoms with van der Waals surface area (Å²) in [5.41, 5.74) is -0.0530. The Morgan fingerprint density at radius 2 is 2.25 bits per heavy atom. The highest BCUT2D eigenvalue weighted by Crippen LogP contribution is 2.21. The number of nitrogens with one attached hydrogen (secondary N) is 1. The molecule has 0 bridgehead atoms. The van der Waals surface area contributed by atoms with E-state index < -0.39 is 11.6 Å². The third-order valence-corrected chi connectivity index (χ3v) is 3.70. The third kappa shape index (κ3) is 2.44. The molecular formula is C12H11BrN4O3. The Morgan fingerprint density at radius 1 is 1.55 bits per heavy atom. The van der Waals surface area contributed by atoms with E-state index in [0.29, 0.717) is 5.69 Å². The molecule has 1 atom stereocenters. The number of anilines is 1. The summed E-state index contributed by atoms with van der Waals surface area (Å²) in [6.07, 6.45) is 6.57. The van der Waals surface area contributed by atoms with Crippen LogP contribution in [-0.2, 0) is 16.1 Å². The van der Waals surface area contributed by atoms with Gasteiger partial charge in [-0.3, -0.25) is 19.3 Å². The van der Waals surface area contributed by atoms with Crippen LogP contribution >= 0.6 is 15.9 Å². The summed E-state index contributed by atoms with van der Waals surface area (Å²) < 4.78 is 1.33. The van der Waals surface area contributed by atoms with E-state index in [4.69, 9.17) is 6.42 Å². The van der Waals surface area contributed by atoms with E-state index in [9.17, 15) is 14.4 Å². The molecule has 0 saturated carbocycles. The fourth-order valence-electron chi connectivity index (χ4n) is 1.82. The predicted molar refractivity (Wildman–Crippen MR) is 74.8 cm³/mol. The highest BCUT2D eigenvalue weighted by molar-refractivity contribution is 9.10. The van der Waals surface area contributed by atoms with Gasteiger partial charge in [0.1, 0.15) is 17.1 Å². The molecule has 0 aromatic carbocycles. The van der Waals surface area contributed by atoms with Gasteiger partial charge in [-0.05, 0) is 15.9 Å². The summed E-state index contributed by atoms with van der Waals surface area (Å²) in [6.45, 7) is 0.0568. The first-order valence-electron chi connectivity index (χ1n) is 5.71. The average molecular weight is 339 g/mol. The lowest BCUT2D eigenvalue weighted by Gasteiger charge is -2.13. The smallest absolute Gasteiger partial charge is 0.284 e. The molecule has 0 radical (unpaired) electrons. The minimum Gasteiger partial charge on any atom is -0.371 e. The topological polar surface area (TPSA) is 84.3 Å². The molecule has 1 saturated heterocycles. The molecule has 1 unspecified atom stereocenters. The second-order valence-corrected chi connectivity index (χ2v) is 5.02. The van der Waals surface area contributed by atoms with Crippen LogP contribution in [-0.4, -0.2) is 39.6 Å². The van der Waals surface area contributed by atoms with Gasteiger partial charge in [-0.25, -0.2) is 4.68 Å². The maximum Gasteiger partial charge on any atom is 0.284 e. The molecule has 20 heavy (non-hydrogen) atoms. The molecule has 1 aromatic heterocycles. The Labute approximate surface area is 123 Å². The van der Waals surface area contributed by atoms with Crippen molar-refractivity contribution >= 4 is 33.4 Å². The highest BCUT2D eigenvalue weighted by Gasteiger charge is 2.36. The number of carbonyl (C=O) groups is 2. The van der Waals surface area contributed by atoms with Gasteiger partial charge in [-0.1, -0.05) is 5.92 Å². The van der Waals surface area contributed by atoms with Crippen LogP contribution in [0.5, 0.6) is 0 Å². The van der Waals surface area contributed by atoms with Gasteiger partial charge in [0.15, 0.2) is 0 Å². The maximum absolute atomic E-state index is 11.9. The third-order valence-electron chi connectivity index (χ3n) is 2.94. The van der Waals surface area contributed by atoms with Crippen molar-refractivity contribution in [3.8, 4) is 12.3 Å². The molecular weight excluding hydrogens is 328 g/mol. The first-order chi connectivity index (χ1) is 9.45. The molecule has 1 N–H and O–H groups in total. The van der Waals surface area contributed by atoms with Crippen LogP contribution in [0.1, 0.15) is 6.42 Å². The molecule has 104 valence electrons. The van der Waals surface area contributed by atoms with Crippen molar-refractivity contribution in [2.45, 2.75) is 19.0 Å². The van der Waals surface area contributed by atoms with E-state index in [1.54, 1.807) is 0 Å². The van der Waals surface area contributed by atoms with Gasteiger partial charge in [-0.15, -0.1) is 6.42 Å². The van der Waals surface area contributed by atoms with Crippen LogP contribution in [0.4, 0.5) is 5.69 Å². The molecule has 7 nitrogen and oxygen atoms in total. The summed E-state index contributed by atoms with van der Waals surface area (Å²) in [7, 11) is 1.42. The van der Waals surface area contributed by atoms with Crippen LogP contribution in [0.2, 0.25) is 0 Å². The molecule has 2 rings (SSSR count). The van der Waals surface area contributed by atoms with Crippen LogP contribution in [0, 0.1) is 12.3 Å². The zero-order valence-corrected chi connectivity index (χ0v) is 12.2. The second kappa shape index (κ2) is 5.46. The van der Waals surface area contributed by atoms with Crippen LogP contribution in [0.15, 0.2) is 15.5 Å². The summed E-state index contributed by atoms with van der Waals surface area (Å²) in [4.78, 5) is 36.2. The number of amides is 2. The van der Waals surface area contributed by atoms with Crippen LogP contribution in [0.25, 0.3) is 0 Å². The Balaban J connectivity index is 2.26. The van der Waals surface area contributed by atoms with Crippen LogP contribution < -0.4 is 10.9 Å². The number of likely N-dealkylation sites (tertiary alicyclic amines) is 1. The standard InChI is InChI=1S/C12H11BrN4O3/c1-3-4-17-12(20)10(13)8(6-14-17)15-7-5-9(18)16(2)11(7)19/h1,6-7,15H,4-5H2,2H3. The van der Waals surface area contributed by atoms with Crippen molar-refractivity contribution in [2.24, 2.45) is 0 Å². The number of hydrogen-bond donors (Lipinski definition) is 1. The number of hydrogen-bond acceptors (Lipinski definition) is 5. The lowest BCUT2D eigenvalue weighted by Crippen LogP contribution is -2.33. The number of terminal acetylenes is 1. The lowest BCUT2D eigenvalue weighted by molar-refractivity contribution is -0.136. The minimum atomic E-state index is -0.687. The number of halogens is 1. The van der Waals surface area contributed by atoms with Gasteiger partial charge in [0.05, 0.1) is 18.3 Å². The predicted octanol–water partition coefficient (Wildman–Crippen LogP) is -0.192. The van der Waals surface area contributed by atoms with E-state index >= 15 is 0 Å². The maximum atomic E-state index is 11.9. The molecule has 2 amide bonds. The Kier molecular flexibility index (Phi) is 3.90. The van der Waals surface area contributed by atoms with Gasteiger partial charge < -0.3 is 5.32 Å². The van der Waals surface area contributed by atoms with Crippen molar-refractivity contribution in [3.63, 3.8) is 0 Å². The van der Waals surface area contributed by atoms with E-state index in [1.165, 1.54) is 13.2 Å². The van der Waals surface area contributed by atoms with Crippen molar-refractivity contribution in [1.29, 1.82) is 0 Å². The molecule has 8 heteroatoms. The van der Waals surface area contributed by atoms with Crippen molar-refractivity contribution < 1.29 is 9.59 Å². The van der Waals surface area contributed by atoms with Gasteiger partial charge in [0, 0.05) is 7.05 Å². The monoisotopic (exact) mass is 338 g/mol. The van der Waals surface area contributed by atoms with Gasteiger partial charge in [0.25, 0.3) is 11.5 Å². The van der Waals surface area contributed by atoms with Crippen molar-refractivity contribution in [2.75, 3.05) is 12.4 Å². The van der Waals surface area contributed by atoms with Gasteiger partial charge in [-0.2, -0.15) is 5.10 Å². The van der Waals surface area contributed by atoms with Gasteiger partial charge >= 0.3 is 0 Å². The SMILES string of the molecule is C#CCn1ncc(NC2CC(=O)N(C)C2=O)c(Br)c1=O. The molecule has 0 spiro atoms. The van der Waals surface area contributed by atoms with E-state index in [2.05, 4.69) is 32.3 Å². The zero-order valence-electron chi connectivity index (χ0n) is 10.6. The fourth-order valence-corrected chi connectivity index (χ4v) is 2.24. The lowest BCUT2D eigenvalue weighted by atomic mass is 10.2. The fraction of sp³-hybridized carbons (Fsp3) is 0.333. The number of aromatic nitrogens is 2. The molecule has 2 heterocycles. The minimum absolute atomic E-state index is 0.0508. The highest BCUT2D eigenvalue weighted by atomic mass is 79.9. The quantitative estimate of drug-likeness (QED) is 0.610. The number of nitrogens with zero attached hydrogens (tertiary/aromatic N) is 3. The second-order valence-electron chi connectivity index (χ2n) is 4.23. The normalized spacial score (nSPS) is 18.2. The Hall–Kier alpha value is -2.14. The number of likely N-dealkylation sites (N-methyl/N-ethyl adjacent to an activating group) is 1. The molecule has 1 fully saturated rings. The molecule has 1 aliphatic rings. The molecule has 1 aliphatic heterocycles. The summed E-state index contributed by atoms with van der Waals surface area (Å²) in [6, 6.07) is -0.687. The average Bonchev–Trinajstić information content (AvgIpc) is 2.66. The molecule has 1 aromatic rings. The first kappa shape index (κ1) is 14.3. The Morgan fingerprint density at radius 3 is 2.80 bits per heavy atom. The first-order valence-corrected chi connectivity index (χ1v) is 6.51. The van der Waals surface area contributed by atoms with Gasteiger partial charge in [0.2, 0.25) is 5.91 Å². The summed E-state index contributed by atoms with van der Waals surface area (Å²) >= 11 is 3.14. The van der Waals surface area contributed by atoms with E-state index in [0.717, 1.165) is 9.58 Å². The number of rotatable bonds is 3. The molecule has 0 aliphatic carbocycles. The summed E-state index contributed by atoms with van der Waals surface area (Å²) in [5.74, 6) is 1.71. The summed E-state index contributed by atoms with van der Waals surface area (Å²) in [5, 5.41) is 6.74. The number of imide groups is 1. The number of carbonyl (C=O) groups excluding carboxylic acids is 2. The zero-order chi connectivity index (χ0) is 14.9. The van der Waals surface area contributed by atoms with E-state index in [1.807, 2.05) is 0 Å². The largest absolute Gasteiger partial charge is 0.371 e. The van der Waals surface area contributed by atoms with Crippen molar-refractivity contribution in [3.05, 3.63) is 21.0 Å². The van der Waals surface area contributed by atoms with Crippen LogP contribution in [0.3, 0.4) is 0 Å².